The van der Waals surface area contributed by atoms with E-state index in [4.69, 9.17) is 17.4 Å². The molecular formula is C16H19ClN2. The highest BCUT2D eigenvalue weighted by molar-refractivity contribution is 6.30. The SMILES string of the molecule is Cc1ccc(C(Cc2ccc(Cl)cc2)NN)c(C)c1. The summed E-state index contributed by atoms with van der Waals surface area (Å²) in [6.07, 6.45) is 0.845. The highest BCUT2D eigenvalue weighted by Crippen LogP contribution is 2.22. The Morgan fingerprint density at radius 3 is 2.37 bits per heavy atom. The van der Waals surface area contributed by atoms with Crippen LogP contribution in [0.3, 0.4) is 0 Å². The van der Waals surface area contributed by atoms with Gasteiger partial charge in [0.2, 0.25) is 0 Å². The van der Waals surface area contributed by atoms with Crippen LogP contribution in [0.25, 0.3) is 0 Å². The molecular weight excluding hydrogens is 256 g/mol. The molecule has 3 N–H and O–H groups in total. The average molecular weight is 275 g/mol. The molecule has 0 radical (unpaired) electrons. The first kappa shape index (κ1) is 14.1. The van der Waals surface area contributed by atoms with Crippen molar-refractivity contribution in [2.24, 2.45) is 5.84 Å². The first-order chi connectivity index (χ1) is 9.10. The number of nitrogens with two attached hydrogens (primary N) is 1. The number of halogens is 1. The molecule has 0 fully saturated rings. The van der Waals surface area contributed by atoms with E-state index in [9.17, 15) is 0 Å². The number of rotatable bonds is 4. The molecule has 0 amide bonds. The summed E-state index contributed by atoms with van der Waals surface area (Å²) in [6.45, 7) is 4.22. The average Bonchev–Trinajstić information content (AvgIpc) is 2.39. The predicted molar refractivity (Wildman–Crippen MR) is 81.1 cm³/mol. The lowest BCUT2D eigenvalue weighted by molar-refractivity contribution is 0.549. The molecule has 1 atom stereocenters. The number of hydrogen-bond donors (Lipinski definition) is 2. The molecule has 0 aliphatic carbocycles. The van der Waals surface area contributed by atoms with E-state index in [2.05, 4.69) is 37.5 Å². The van der Waals surface area contributed by atoms with Crippen LogP contribution in [-0.2, 0) is 6.42 Å². The van der Waals surface area contributed by atoms with Gasteiger partial charge in [-0.15, -0.1) is 0 Å². The van der Waals surface area contributed by atoms with Crippen molar-refractivity contribution in [1.29, 1.82) is 0 Å². The third kappa shape index (κ3) is 3.57. The summed E-state index contributed by atoms with van der Waals surface area (Å²) in [4.78, 5) is 0. The molecule has 0 aliphatic rings. The lowest BCUT2D eigenvalue weighted by atomic mass is 9.95. The molecule has 0 spiro atoms. The topological polar surface area (TPSA) is 38.0 Å². The lowest BCUT2D eigenvalue weighted by Gasteiger charge is -2.19. The predicted octanol–water partition coefficient (Wildman–Crippen LogP) is 3.70. The minimum Gasteiger partial charge on any atom is -0.271 e. The van der Waals surface area contributed by atoms with Crippen molar-refractivity contribution in [3.8, 4) is 0 Å². The van der Waals surface area contributed by atoms with Gasteiger partial charge in [-0.25, -0.2) is 0 Å². The second kappa shape index (κ2) is 6.20. The van der Waals surface area contributed by atoms with E-state index in [1.54, 1.807) is 0 Å². The zero-order valence-electron chi connectivity index (χ0n) is 11.3. The van der Waals surface area contributed by atoms with Gasteiger partial charge < -0.3 is 0 Å². The van der Waals surface area contributed by atoms with E-state index < -0.39 is 0 Å². The van der Waals surface area contributed by atoms with E-state index in [0.717, 1.165) is 11.4 Å². The quantitative estimate of drug-likeness (QED) is 0.659. The Hall–Kier alpha value is -1.35. The number of hydrogen-bond acceptors (Lipinski definition) is 2. The van der Waals surface area contributed by atoms with Gasteiger partial charge in [-0.05, 0) is 49.1 Å². The maximum atomic E-state index is 5.90. The van der Waals surface area contributed by atoms with E-state index in [1.165, 1.54) is 22.3 Å². The lowest BCUT2D eigenvalue weighted by Crippen LogP contribution is -2.30. The number of benzene rings is 2. The van der Waals surface area contributed by atoms with Crippen LogP contribution in [0.5, 0.6) is 0 Å². The third-order valence-electron chi connectivity index (χ3n) is 3.35. The molecule has 0 aromatic heterocycles. The normalized spacial score (nSPS) is 12.4. The summed E-state index contributed by atoms with van der Waals surface area (Å²) >= 11 is 5.90. The van der Waals surface area contributed by atoms with E-state index >= 15 is 0 Å². The Morgan fingerprint density at radius 2 is 1.79 bits per heavy atom. The molecule has 2 nitrogen and oxygen atoms in total. The maximum Gasteiger partial charge on any atom is 0.0502 e. The molecule has 0 saturated heterocycles. The number of nitrogens with one attached hydrogen (secondary N) is 1. The van der Waals surface area contributed by atoms with Gasteiger partial charge in [0.25, 0.3) is 0 Å². The van der Waals surface area contributed by atoms with Crippen molar-refractivity contribution in [1.82, 2.24) is 5.43 Å². The third-order valence-corrected chi connectivity index (χ3v) is 3.61. The van der Waals surface area contributed by atoms with Crippen molar-refractivity contribution >= 4 is 11.6 Å². The minimum atomic E-state index is 0.113. The summed E-state index contributed by atoms with van der Waals surface area (Å²) < 4.78 is 0. The summed E-state index contributed by atoms with van der Waals surface area (Å²) in [6, 6.07) is 14.5. The summed E-state index contributed by atoms with van der Waals surface area (Å²) in [5.74, 6) is 5.71. The molecule has 0 aliphatic heterocycles. The van der Waals surface area contributed by atoms with Gasteiger partial charge in [0, 0.05) is 5.02 Å². The molecule has 2 aromatic carbocycles. The Kier molecular flexibility index (Phi) is 4.59. The maximum absolute atomic E-state index is 5.90. The zero-order valence-corrected chi connectivity index (χ0v) is 12.0. The van der Waals surface area contributed by atoms with Crippen molar-refractivity contribution in [2.75, 3.05) is 0 Å². The Balaban J connectivity index is 2.22. The first-order valence-corrected chi connectivity index (χ1v) is 6.75. The van der Waals surface area contributed by atoms with Crippen molar-refractivity contribution < 1.29 is 0 Å². The summed E-state index contributed by atoms with van der Waals surface area (Å²) in [5, 5.41) is 0.757. The standard InChI is InChI=1S/C16H19ClN2/c1-11-3-8-15(12(2)9-11)16(19-18)10-13-4-6-14(17)7-5-13/h3-9,16,19H,10,18H2,1-2H3. The van der Waals surface area contributed by atoms with E-state index in [1.807, 2.05) is 24.3 Å². The highest BCUT2D eigenvalue weighted by Gasteiger charge is 2.12. The fourth-order valence-electron chi connectivity index (χ4n) is 2.33. The van der Waals surface area contributed by atoms with Crippen LogP contribution in [0.1, 0.15) is 28.3 Å². The number of aryl methyl sites for hydroxylation is 2. The second-order valence-electron chi connectivity index (χ2n) is 4.91. The molecule has 0 saturated carbocycles. The van der Waals surface area contributed by atoms with Crippen LogP contribution < -0.4 is 11.3 Å². The van der Waals surface area contributed by atoms with Gasteiger partial charge in [-0.3, -0.25) is 11.3 Å². The fraction of sp³-hybridized carbons (Fsp3) is 0.250. The summed E-state index contributed by atoms with van der Waals surface area (Å²) in [5.41, 5.74) is 7.89. The van der Waals surface area contributed by atoms with Crippen LogP contribution in [0.15, 0.2) is 42.5 Å². The summed E-state index contributed by atoms with van der Waals surface area (Å²) in [7, 11) is 0. The first-order valence-electron chi connectivity index (χ1n) is 6.38. The van der Waals surface area contributed by atoms with Crippen LogP contribution in [-0.4, -0.2) is 0 Å². The van der Waals surface area contributed by atoms with Gasteiger partial charge >= 0.3 is 0 Å². The largest absolute Gasteiger partial charge is 0.271 e. The number of hydrazine groups is 1. The van der Waals surface area contributed by atoms with E-state index in [0.29, 0.717) is 0 Å². The second-order valence-corrected chi connectivity index (χ2v) is 5.35. The highest BCUT2D eigenvalue weighted by atomic mass is 35.5. The van der Waals surface area contributed by atoms with Gasteiger partial charge in [0.1, 0.15) is 0 Å². The molecule has 1 unspecified atom stereocenters. The van der Waals surface area contributed by atoms with Crippen molar-refractivity contribution in [3.05, 3.63) is 69.7 Å². The van der Waals surface area contributed by atoms with Crippen molar-refractivity contribution in [2.45, 2.75) is 26.3 Å². The molecule has 2 rings (SSSR count). The van der Waals surface area contributed by atoms with Crippen LogP contribution in [0.4, 0.5) is 0 Å². The Bertz CT molecular complexity index is 549. The molecule has 3 heteroatoms. The molecule has 0 heterocycles. The smallest absolute Gasteiger partial charge is 0.0502 e. The zero-order chi connectivity index (χ0) is 13.8. The Morgan fingerprint density at radius 1 is 1.11 bits per heavy atom. The van der Waals surface area contributed by atoms with E-state index in [-0.39, 0.29) is 6.04 Å². The van der Waals surface area contributed by atoms with Gasteiger partial charge in [0.15, 0.2) is 0 Å². The van der Waals surface area contributed by atoms with Crippen LogP contribution in [0, 0.1) is 13.8 Å². The Labute approximate surface area is 119 Å². The van der Waals surface area contributed by atoms with Gasteiger partial charge in [-0.2, -0.15) is 0 Å². The fourth-order valence-corrected chi connectivity index (χ4v) is 2.46. The minimum absolute atomic E-state index is 0.113. The molecule has 19 heavy (non-hydrogen) atoms. The van der Waals surface area contributed by atoms with Crippen LogP contribution >= 0.6 is 11.6 Å². The monoisotopic (exact) mass is 274 g/mol. The molecule has 0 bridgehead atoms. The van der Waals surface area contributed by atoms with Crippen molar-refractivity contribution in [3.63, 3.8) is 0 Å². The van der Waals surface area contributed by atoms with Crippen LogP contribution in [0.2, 0.25) is 5.02 Å². The van der Waals surface area contributed by atoms with Gasteiger partial charge in [0.05, 0.1) is 6.04 Å². The molecule has 2 aromatic rings. The van der Waals surface area contributed by atoms with Gasteiger partial charge in [-0.1, -0.05) is 47.5 Å². The molecule has 100 valence electrons.